The number of carbonyl (C=O) groups is 2. The van der Waals surface area contributed by atoms with E-state index in [2.05, 4.69) is 12.2 Å². The molecule has 1 aliphatic rings. The summed E-state index contributed by atoms with van der Waals surface area (Å²) in [6, 6.07) is 7.47. The molecule has 5 heteroatoms. The van der Waals surface area contributed by atoms with Gasteiger partial charge in [0, 0.05) is 13.1 Å². The third-order valence-electron chi connectivity index (χ3n) is 3.80. The Morgan fingerprint density at radius 3 is 2.65 bits per heavy atom. The van der Waals surface area contributed by atoms with Gasteiger partial charge in [0.25, 0.3) is 0 Å². The summed E-state index contributed by atoms with van der Waals surface area (Å²) in [5.41, 5.74) is 0.583. The minimum atomic E-state index is -1.05. The van der Waals surface area contributed by atoms with E-state index in [-0.39, 0.29) is 6.03 Å². The van der Waals surface area contributed by atoms with Crippen molar-refractivity contribution >= 4 is 12.0 Å². The fourth-order valence-electron chi connectivity index (χ4n) is 2.50. The molecule has 2 rings (SSSR count). The molecular weight excluding hydrogens is 256 g/mol. The Morgan fingerprint density at radius 1 is 1.40 bits per heavy atom. The van der Waals surface area contributed by atoms with Gasteiger partial charge < -0.3 is 15.3 Å². The zero-order valence-electron chi connectivity index (χ0n) is 11.6. The third-order valence-corrected chi connectivity index (χ3v) is 3.80. The second-order valence-corrected chi connectivity index (χ2v) is 5.14. The fourth-order valence-corrected chi connectivity index (χ4v) is 2.50. The molecule has 1 fully saturated rings. The van der Waals surface area contributed by atoms with E-state index in [9.17, 15) is 14.7 Å². The molecule has 2 amide bonds. The molecule has 0 saturated carbocycles. The molecule has 20 heavy (non-hydrogen) atoms. The van der Waals surface area contributed by atoms with E-state index in [1.165, 1.54) is 0 Å². The summed E-state index contributed by atoms with van der Waals surface area (Å²) in [6.07, 6.45) is 2.04. The van der Waals surface area contributed by atoms with Gasteiger partial charge in [-0.1, -0.05) is 43.7 Å². The number of urea groups is 1. The van der Waals surface area contributed by atoms with E-state index in [1.54, 1.807) is 29.2 Å². The van der Waals surface area contributed by atoms with Gasteiger partial charge in [-0.3, -0.25) is 0 Å². The van der Waals surface area contributed by atoms with E-state index >= 15 is 0 Å². The molecule has 1 unspecified atom stereocenters. The third kappa shape index (κ3) is 3.29. The Balaban J connectivity index is 2.02. The quantitative estimate of drug-likeness (QED) is 0.886. The van der Waals surface area contributed by atoms with Crippen LogP contribution in [0.25, 0.3) is 0 Å². The number of hydrogen-bond acceptors (Lipinski definition) is 2. The zero-order chi connectivity index (χ0) is 14.5. The topological polar surface area (TPSA) is 69.6 Å². The van der Waals surface area contributed by atoms with Crippen LogP contribution >= 0.6 is 0 Å². The summed E-state index contributed by atoms with van der Waals surface area (Å²) >= 11 is 0. The number of benzene rings is 1. The molecule has 2 atom stereocenters. The van der Waals surface area contributed by atoms with Crippen LogP contribution in [-0.2, 0) is 4.79 Å². The number of aliphatic carboxylic acids is 1. The summed E-state index contributed by atoms with van der Waals surface area (Å²) in [7, 11) is 0. The maximum absolute atomic E-state index is 12.1. The first-order valence-electron chi connectivity index (χ1n) is 6.95. The first kappa shape index (κ1) is 14.4. The molecule has 1 saturated heterocycles. The molecule has 2 N–H and O–H groups in total. The maximum atomic E-state index is 12.1. The number of nitrogens with one attached hydrogen (secondary N) is 1. The molecule has 1 aliphatic heterocycles. The van der Waals surface area contributed by atoms with Crippen LogP contribution in [0.3, 0.4) is 0 Å². The Kier molecular flexibility index (Phi) is 4.61. The van der Waals surface area contributed by atoms with Crippen molar-refractivity contribution in [2.45, 2.75) is 25.8 Å². The standard InChI is InChI=1S/C15H20N2O3/c1-2-11-8-9-17(10-11)15(20)16-13(14(18)19)12-6-4-3-5-7-12/h3-7,11,13H,2,8-10H2,1H3,(H,16,20)(H,18,19)/t11?,13-/m0/s1. The highest BCUT2D eigenvalue weighted by Crippen LogP contribution is 2.20. The average Bonchev–Trinajstić information content (AvgIpc) is 2.94. The van der Waals surface area contributed by atoms with Crippen molar-refractivity contribution in [2.24, 2.45) is 5.92 Å². The molecule has 0 radical (unpaired) electrons. The highest BCUT2D eigenvalue weighted by molar-refractivity contribution is 5.83. The van der Waals surface area contributed by atoms with Gasteiger partial charge in [0.15, 0.2) is 6.04 Å². The molecule has 0 bridgehead atoms. The molecule has 1 aromatic rings. The van der Waals surface area contributed by atoms with Crippen LogP contribution in [0.1, 0.15) is 31.4 Å². The lowest BCUT2D eigenvalue weighted by Gasteiger charge is -2.21. The molecule has 0 aromatic heterocycles. The lowest BCUT2D eigenvalue weighted by atomic mass is 10.1. The van der Waals surface area contributed by atoms with Gasteiger partial charge in [0.05, 0.1) is 0 Å². The van der Waals surface area contributed by atoms with Crippen molar-refractivity contribution in [3.05, 3.63) is 35.9 Å². The van der Waals surface area contributed by atoms with Gasteiger partial charge in [0.2, 0.25) is 0 Å². The van der Waals surface area contributed by atoms with Crippen molar-refractivity contribution in [1.29, 1.82) is 0 Å². The highest BCUT2D eigenvalue weighted by atomic mass is 16.4. The summed E-state index contributed by atoms with van der Waals surface area (Å²) in [4.78, 5) is 25.2. The Hall–Kier alpha value is -2.04. The molecule has 1 aromatic carbocycles. The first-order valence-corrected chi connectivity index (χ1v) is 6.95. The van der Waals surface area contributed by atoms with Crippen LogP contribution in [0.15, 0.2) is 30.3 Å². The van der Waals surface area contributed by atoms with E-state index in [1.807, 2.05) is 6.07 Å². The molecular formula is C15H20N2O3. The van der Waals surface area contributed by atoms with Gasteiger partial charge in [0.1, 0.15) is 0 Å². The van der Waals surface area contributed by atoms with Crippen LogP contribution in [-0.4, -0.2) is 35.1 Å². The predicted molar refractivity (Wildman–Crippen MR) is 75.3 cm³/mol. The van der Waals surface area contributed by atoms with E-state index in [0.29, 0.717) is 24.6 Å². The molecule has 1 heterocycles. The monoisotopic (exact) mass is 276 g/mol. The fraction of sp³-hybridized carbons (Fsp3) is 0.467. The van der Waals surface area contributed by atoms with Gasteiger partial charge in [-0.15, -0.1) is 0 Å². The van der Waals surface area contributed by atoms with Crippen LogP contribution in [0.2, 0.25) is 0 Å². The largest absolute Gasteiger partial charge is 0.479 e. The van der Waals surface area contributed by atoms with Crippen LogP contribution in [0.5, 0.6) is 0 Å². The summed E-state index contributed by atoms with van der Waals surface area (Å²) < 4.78 is 0. The molecule has 0 aliphatic carbocycles. The number of carbonyl (C=O) groups excluding carboxylic acids is 1. The van der Waals surface area contributed by atoms with Crippen molar-refractivity contribution in [2.75, 3.05) is 13.1 Å². The van der Waals surface area contributed by atoms with E-state index in [4.69, 9.17) is 0 Å². The average molecular weight is 276 g/mol. The molecule has 5 nitrogen and oxygen atoms in total. The van der Waals surface area contributed by atoms with Gasteiger partial charge in [-0.2, -0.15) is 0 Å². The molecule has 0 spiro atoms. The predicted octanol–water partition coefficient (Wildman–Crippen LogP) is 2.25. The minimum Gasteiger partial charge on any atom is -0.479 e. The van der Waals surface area contributed by atoms with Crippen LogP contribution in [0.4, 0.5) is 4.79 Å². The SMILES string of the molecule is CCC1CCN(C(=O)N[C@H](C(=O)O)c2ccccc2)C1. The van der Waals surface area contributed by atoms with Crippen molar-refractivity contribution in [3.63, 3.8) is 0 Å². The Bertz CT molecular complexity index is 475. The first-order chi connectivity index (χ1) is 9.61. The van der Waals surface area contributed by atoms with Gasteiger partial charge in [-0.05, 0) is 17.9 Å². The summed E-state index contributed by atoms with van der Waals surface area (Å²) in [5.74, 6) is -0.517. The van der Waals surface area contributed by atoms with E-state index in [0.717, 1.165) is 12.8 Å². The lowest BCUT2D eigenvalue weighted by molar-refractivity contribution is -0.139. The number of carboxylic acid groups (broad SMARTS) is 1. The van der Waals surface area contributed by atoms with Crippen LogP contribution in [0, 0.1) is 5.92 Å². The summed E-state index contributed by atoms with van der Waals surface area (Å²) in [6.45, 7) is 3.52. The molecule has 108 valence electrons. The number of carboxylic acids is 1. The second-order valence-electron chi connectivity index (χ2n) is 5.14. The maximum Gasteiger partial charge on any atom is 0.330 e. The number of amides is 2. The lowest BCUT2D eigenvalue weighted by Crippen LogP contribution is -2.42. The zero-order valence-corrected chi connectivity index (χ0v) is 11.6. The minimum absolute atomic E-state index is 0.294. The Morgan fingerprint density at radius 2 is 2.10 bits per heavy atom. The summed E-state index contributed by atoms with van der Waals surface area (Å²) in [5, 5.41) is 11.9. The Labute approximate surface area is 118 Å². The van der Waals surface area contributed by atoms with Crippen molar-refractivity contribution in [3.8, 4) is 0 Å². The van der Waals surface area contributed by atoms with E-state index < -0.39 is 12.0 Å². The van der Waals surface area contributed by atoms with Crippen LogP contribution < -0.4 is 5.32 Å². The van der Waals surface area contributed by atoms with Gasteiger partial charge >= 0.3 is 12.0 Å². The van der Waals surface area contributed by atoms with Gasteiger partial charge in [-0.25, -0.2) is 9.59 Å². The van der Waals surface area contributed by atoms with Crippen molar-refractivity contribution < 1.29 is 14.7 Å². The number of hydrogen-bond donors (Lipinski definition) is 2. The smallest absolute Gasteiger partial charge is 0.330 e. The second kappa shape index (κ2) is 6.41. The number of likely N-dealkylation sites (tertiary alicyclic amines) is 1. The number of rotatable bonds is 4. The van der Waals surface area contributed by atoms with Crippen molar-refractivity contribution in [1.82, 2.24) is 10.2 Å². The normalized spacial score (nSPS) is 19.6. The number of nitrogens with zero attached hydrogens (tertiary/aromatic N) is 1. The highest BCUT2D eigenvalue weighted by Gasteiger charge is 2.29.